The standard InChI is InChI=1S/C17H17ClN4OS/c1-11-13(9-14-16(23)21(3)17(24)20(14)2)15(18)22(19-11)10-12-7-5-4-6-8-12/h4-9H,10H2,1-3H3/b14-9-. The highest BCUT2D eigenvalue weighted by molar-refractivity contribution is 7.80. The Morgan fingerprint density at radius 2 is 1.88 bits per heavy atom. The van der Waals surface area contributed by atoms with Crippen molar-refractivity contribution in [2.75, 3.05) is 14.1 Å². The molecule has 124 valence electrons. The zero-order chi connectivity index (χ0) is 17.4. The van der Waals surface area contributed by atoms with Crippen molar-refractivity contribution in [3.8, 4) is 0 Å². The minimum Gasteiger partial charge on any atom is -0.317 e. The van der Waals surface area contributed by atoms with E-state index in [0.717, 1.165) is 16.8 Å². The van der Waals surface area contributed by atoms with Crippen LogP contribution in [0.4, 0.5) is 0 Å². The Hall–Kier alpha value is -2.18. The molecule has 0 unspecified atom stereocenters. The highest BCUT2D eigenvalue weighted by atomic mass is 35.5. The molecule has 0 N–H and O–H groups in total. The van der Waals surface area contributed by atoms with Crippen molar-refractivity contribution in [1.82, 2.24) is 19.6 Å². The molecular weight excluding hydrogens is 344 g/mol. The molecule has 1 aliphatic rings. The predicted molar refractivity (Wildman–Crippen MR) is 98.6 cm³/mol. The van der Waals surface area contributed by atoms with Gasteiger partial charge in [0, 0.05) is 19.7 Å². The van der Waals surface area contributed by atoms with Crippen molar-refractivity contribution in [2.45, 2.75) is 13.5 Å². The third kappa shape index (κ3) is 2.83. The van der Waals surface area contributed by atoms with E-state index in [4.69, 9.17) is 23.8 Å². The van der Waals surface area contributed by atoms with Crippen LogP contribution >= 0.6 is 23.8 Å². The molecule has 5 nitrogen and oxygen atoms in total. The maximum atomic E-state index is 12.3. The zero-order valence-corrected chi connectivity index (χ0v) is 15.2. The third-order valence-corrected chi connectivity index (χ3v) is 4.97. The van der Waals surface area contributed by atoms with Crippen LogP contribution in [0.5, 0.6) is 0 Å². The summed E-state index contributed by atoms with van der Waals surface area (Å²) in [5, 5.41) is 5.47. The highest BCUT2D eigenvalue weighted by Gasteiger charge is 2.33. The van der Waals surface area contributed by atoms with Crippen LogP contribution in [0.2, 0.25) is 5.15 Å². The summed E-state index contributed by atoms with van der Waals surface area (Å²) in [6, 6.07) is 9.97. The maximum Gasteiger partial charge on any atom is 0.276 e. The monoisotopic (exact) mass is 360 g/mol. The number of carbonyl (C=O) groups excluding carboxylic acids is 1. The van der Waals surface area contributed by atoms with Crippen molar-refractivity contribution in [1.29, 1.82) is 0 Å². The topological polar surface area (TPSA) is 41.4 Å². The largest absolute Gasteiger partial charge is 0.317 e. The van der Waals surface area contributed by atoms with Crippen molar-refractivity contribution in [3.63, 3.8) is 0 Å². The van der Waals surface area contributed by atoms with Crippen LogP contribution in [-0.2, 0) is 11.3 Å². The molecule has 0 aliphatic carbocycles. The van der Waals surface area contributed by atoms with Gasteiger partial charge in [0.25, 0.3) is 5.91 Å². The molecule has 0 saturated carbocycles. The van der Waals surface area contributed by atoms with E-state index in [1.165, 1.54) is 4.90 Å². The molecule has 2 aromatic rings. The molecule has 1 fully saturated rings. The summed E-state index contributed by atoms with van der Waals surface area (Å²) in [6.45, 7) is 2.45. The molecule has 0 atom stereocenters. The maximum absolute atomic E-state index is 12.3. The Kier molecular flexibility index (Phi) is 4.43. The molecule has 3 rings (SSSR count). The van der Waals surface area contributed by atoms with Crippen LogP contribution < -0.4 is 0 Å². The number of halogens is 1. The van der Waals surface area contributed by atoms with Gasteiger partial charge in [-0.15, -0.1) is 0 Å². The number of aromatic nitrogens is 2. The van der Waals surface area contributed by atoms with Crippen LogP contribution in [0.3, 0.4) is 0 Å². The van der Waals surface area contributed by atoms with E-state index in [-0.39, 0.29) is 5.91 Å². The van der Waals surface area contributed by atoms with Crippen molar-refractivity contribution < 1.29 is 4.79 Å². The second-order valence-corrected chi connectivity index (χ2v) is 6.39. The normalized spacial score (nSPS) is 16.6. The number of thiocarbonyl (C=S) groups is 1. The number of hydrogen-bond donors (Lipinski definition) is 0. The quantitative estimate of drug-likeness (QED) is 0.623. The average Bonchev–Trinajstić information content (AvgIpc) is 2.93. The van der Waals surface area contributed by atoms with E-state index in [9.17, 15) is 4.79 Å². The van der Waals surface area contributed by atoms with Crippen molar-refractivity contribution >= 4 is 40.9 Å². The third-order valence-electron chi connectivity index (χ3n) is 4.02. The first-order chi connectivity index (χ1) is 11.4. The minimum absolute atomic E-state index is 0.145. The molecule has 1 saturated heterocycles. The minimum atomic E-state index is -0.145. The van der Waals surface area contributed by atoms with E-state index in [1.54, 1.807) is 29.8 Å². The Labute approximate surface area is 151 Å². The second kappa shape index (κ2) is 6.37. The van der Waals surface area contributed by atoms with Crippen LogP contribution in [-0.4, -0.2) is 44.7 Å². The van der Waals surface area contributed by atoms with Gasteiger partial charge in [-0.2, -0.15) is 5.10 Å². The summed E-state index contributed by atoms with van der Waals surface area (Å²) >= 11 is 11.7. The van der Waals surface area contributed by atoms with Gasteiger partial charge in [0.05, 0.1) is 12.2 Å². The summed E-state index contributed by atoms with van der Waals surface area (Å²) in [5.41, 5.74) is 3.11. The molecule has 1 aromatic carbocycles. The van der Waals surface area contributed by atoms with Crippen LogP contribution in [0.25, 0.3) is 6.08 Å². The fourth-order valence-electron chi connectivity index (χ4n) is 2.62. The zero-order valence-electron chi connectivity index (χ0n) is 13.7. The van der Waals surface area contributed by atoms with Gasteiger partial charge in [-0.1, -0.05) is 41.9 Å². The Morgan fingerprint density at radius 3 is 2.46 bits per heavy atom. The first-order valence-electron chi connectivity index (χ1n) is 7.44. The lowest BCUT2D eigenvalue weighted by Gasteiger charge is -2.11. The number of benzene rings is 1. The lowest BCUT2D eigenvalue weighted by atomic mass is 10.2. The highest BCUT2D eigenvalue weighted by Crippen LogP contribution is 2.27. The summed E-state index contributed by atoms with van der Waals surface area (Å²) in [4.78, 5) is 15.4. The lowest BCUT2D eigenvalue weighted by molar-refractivity contribution is -0.121. The van der Waals surface area contributed by atoms with Crippen LogP contribution in [0.1, 0.15) is 16.8 Å². The molecule has 1 aliphatic heterocycles. The number of rotatable bonds is 3. The number of nitrogens with zero attached hydrogens (tertiary/aromatic N) is 4. The van der Waals surface area contributed by atoms with Gasteiger partial charge >= 0.3 is 0 Å². The second-order valence-electron chi connectivity index (χ2n) is 5.67. The average molecular weight is 361 g/mol. The molecule has 1 amide bonds. The fourth-order valence-corrected chi connectivity index (χ4v) is 3.09. The van der Waals surface area contributed by atoms with Gasteiger partial charge in [-0.05, 0) is 30.8 Å². The fraction of sp³-hybridized carbons (Fsp3) is 0.235. The van der Waals surface area contributed by atoms with Gasteiger partial charge in [-0.3, -0.25) is 9.69 Å². The van der Waals surface area contributed by atoms with Crippen LogP contribution in [0, 0.1) is 6.92 Å². The Morgan fingerprint density at radius 1 is 1.21 bits per heavy atom. The van der Waals surface area contributed by atoms with Crippen LogP contribution in [0.15, 0.2) is 36.0 Å². The number of aryl methyl sites for hydroxylation is 1. The van der Waals surface area contributed by atoms with Crippen molar-refractivity contribution in [3.05, 3.63) is 58.0 Å². The predicted octanol–water partition coefficient (Wildman–Crippen LogP) is 2.92. The summed E-state index contributed by atoms with van der Waals surface area (Å²) < 4.78 is 1.74. The van der Waals surface area contributed by atoms with E-state index in [0.29, 0.717) is 22.5 Å². The smallest absolute Gasteiger partial charge is 0.276 e. The van der Waals surface area contributed by atoms with Gasteiger partial charge in [0.15, 0.2) is 5.11 Å². The first-order valence-corrected chi connectivity index (χ1v) is 8.23. The van der Waals surface area contributed by atoms with Gasteiger partial charge in [-0.25, -0.2) is 4.68 Å². The molecule has 0 radical (unpaired) electrons. The molecule has 0 bridgehead atoms. The lowest BCUT2D eigenvalue weighted by Crippen LogP contribution is -2.26. The number of hydrogen-bond acceptors (Lipinski definition) is 3. The summed E-state index contributed by atoms with van der Waals surface area (Å²) in [5.74, 6) is -0.145. The number of likely N-dealkylation sites (N-methyl/N-ethyl adjacent to an activating group) is 2. The van der Waals surface area contributed by atoms with E-state index >= 15 is 0 Å². The summed E-state index contributed by atoms with van der Waals surface area (Å²) in [6.07, 6.45) is 1.75. The Balaban J connectivity index is 1.97. The van der Waals surface area contributed by atoms with Gasteiger partial charge < -0.3 is 4.90 Å². The summed E-state index contributed by atoms with van der Waals surface area (Å²) in [7, 11) is 3.43. The molecule has 1 aromatic heterocycles. The van der Waals surface area contributed by atoms with Gasteiger partial charge in [0.1, 0.15) is 10.9 Å². The van der Waals surface area contributed by atoms with E-state index in [1.807, 2.05) is 37.3 Å². The number of amides is 1. The molecule has 7 heteroatoms. The molecule has 2 heterocycles. The first kappa shape index (κ1) is 16.7. The Bertz CT molecular complexity index is 844. The van der Waals surface area contributed by atoms with Crippen molar-refractivity contribution in [2.24, 2.45) is 0 Å². The molecular formula is C17H17ClN4OS. The number of carbonyl (C=O) groups is 1. The molecule has 24 heavy (non-hydrogen) atoms. The van der Waals surface area contributed by atoms with E-state index in [2.05, 4.69) is 5.10 Å². The van der Waals surface area contributed by atoms with Gasteiger partial charge in [0.2, 0.25) is 0 Å². The molecule has 0 spiro atoms. The SMILES string of the molecule is Cc1nn(Cc2ccccc2)c(Cl)c1/C=C1/C(=O)N(C)C(=S)N1C. The van der Waals surface area contributed by atoms with E-state index < -0.39 is 0 Å².